The summed E-state index contributed by atoms with van der Waals surface area (Å²) in [7, 11) is 0. The predicted molar refractivity (Wildman–Crippen MR) is 127 cm³/mol. The van der Waals surface area contributed by atoms with E-state index in [-0.39, 0.29) is 24.2 Å². The zero-order chi connectivity index (χ0) is 22.8. The van der Waals surface area contributed by atoms with E-state index < -0.39 is 0 Å². The van der Waals surface area contributed by atoms with Crippen LogP contribution >= 0.6 is 11.6 Å². The number of carbonyl (C=O) groups is 2. The van der Waals surface area contributed by atoms with Crippen molar-refractivity contribution in [1.29, 1.82) is 0 Å². The molecule has 1 unspecified atom stereocenters. The summed E-state index contributed by atoms with van der Waals surface area (Å²) < 4.78 is 2.03. The van der Waals surface area contributed by atoms with Gasteiger partial charge < -0.3 is 10.2 Å². The van der Waals surface area contributed by atoms with Gasteiger partial charge in [-0.05, 0) is 62.1 Å². The number of pyridine rings is 1. The number of anilines is 1. The van der Waals surface area contributed by atoms with Gasteiger partial charge in [-0.25, -0.2) is 0 Å². The van der Waals surface area contributed by atoms with Gasteiger partial charge in [-0.2, -0.15) is 5.10 Å². The van der Waals surface area contributed by atoms with Crippen LogP contribution < -0.4 is 10.2 Å². The summed E-state index contributed by atoms with van der Waals surface area (Å²) in [5.74, 6) is -0.492. The van der Waals surface area contributed by atoms with E-state index in [0.717, 1.165) is 42.8 Å². The molecule has 1 atom stereocenters. The van der Waals surface area contributed by atoms with E-state index >= 15 is 0 Å². The Morgan fingerprint density at radius 2 is 1.94 bits per heavy atom. The first-order valence-electron chi connectivity index (χ1n) is 11.4. The van der Waals surface area contributed by atoms with Crippen molar-refractivity contribution in [1.82, 2.24) is 20.1 Å². The number of aromatic nitrogens is 3. The van der Waals surface area contributed by atoms with Crippen LogP contribution in [0.4, 0.5) is 5.69 Å². The maximum Gasteiger partial charge on any atom is 0.227 e. The number of fused-ring (bicyclic) bond motifs is 1. The number of rotatable bonds is 6. The van der Waals surface area contributed by atoms with Gasteiger partial charge in [0.05, 0.1) is 18.2 Å². The number of benzene rings is 1. The summed E-state index contributed by atoms with van der Waals surface area (Å²) in [6.07, 6.45) is 6.33. The molecular formula is C25H26ClN5O2. The smallest absolute Gasteiger partial charge is 0.227 e. The van der Waals surface area contributed by atoms with Crippen LogP contribution in [0.3, 0.4) is 0 Å². The molecule has 1 aliphatic heterocycles. The van der Waals surface area contributed by atoms with Gasteiger partial charge in [0.2, 0.25) is 11.8 Å². The SMILES string of the molecule is O=C(NCCn1nc(-c2ccccn2)c2c1CCCC2)C1CC(=O)N(c2ccc(Cl)cc2)C1. The van der Waals surface area contributed by atoms with Crippen molar-refractivity contribution in [3.8, 4) is 11.4 Å². The van der Waals surface area contributed by atoms with Gasteiger partial charge >= 0.3 is 0 Å². The van der Waals surface area contributed by atoms with Crippen molar-refractivity contribution < 1.29 is 9.59 Å². The third-order valence-corrected chi connectivity index (χ3v) is 6.67. The van der Waals surface area contributed by atoms with E-state index in [1.54, 1.807) is 35.4 Å². The zero-order valence-corrected chi connectivity index (χ0v) is 19.1. The Labute approximate surface area is 197 Å². The standard InChI is InChI=1S/C25H26ClN5O2/c26-18-8-10-19(11-9-18)30-16-17(15-23(30)32)25(33)28-13-14-31-22-7-2-1-5-20(22)24(29-31)21-6-3-4-12-27-21/h3-4,6,8-12,17H,1-2,5,7,13-16H2,(H,28,33). The quantitative estimate of drug-likeness (QED) is 0.605. The Morgan fingerprint density at radius 3 is 2.73 bits per heavy atom. The summed E-state index contributed by atoms with van der Waals surface area (Å²) in [5.41, 5.74) is 5.15. The highest BCUT2D eigenvalue weighted by molar-refractivity contribution is 6.30. The summed E-state index contributed by atoms with van der Waals surface area (Å²) in [6, 6.07) is 13.0. The van der Waals surface area contributed by atoms with Gasteiger partial charge in [0.1, 0.15) is 5.69 Å². The lowest BCUT2D eigenvalue weighted by molar-refractivity contribution is -0.126. The molecular weight excluding hydrogens is 438 g/mol. The molecule has 0 saturated carbocycles. The fourth-order valence-electron chi connectivity index (χ4n) is 4.75. The van der Waals surface area contributed by atoms with Gasteiger partial charge in [-0.1, -0.05) is 17.7 Å². The van der Waals surface area contributed by atoms with Crippen molar-refractivity contribution in [3.63, 3.8) is 0 Å². The Kier molecular flexibility index (Phi) is 6.13. The number of amides is 2. The first kappa shape index (κ1) is 21.6. The first-order valence-corrected chi connectivity index (χ1v) is 11.8. The minimum absolute atomic E-state index is 0.0429. The maximum absolute atomic E-state index is 12.8. The molecule has 1 fully saturated rings. The Hall–Kier alpha value is -3.19. The molecule has 0 bridgehead atoms. The molecule has 5 rings (SSSR count). The van der Waals surface area contributed by atoms with Crippen molar-refractivity contribution in [2.75, 3.05) is 18.0 Å². The Bertz CT molecular complexity index is 1160. The average molecular weight is 464 g/mol. The highest BCUT2D eigenvalue weighted by atomic mass is 35.5. The highest BCUT2D eigenvalue weighted by Crippen LogP contribution is 2.30. The van der Waals surface area contributed by atoms with E-state index in [4.69, 9.17) is 16.7 Å². The van der Waals surface area contributed by atoms with Crippen molar-refractivity contribution in [3.05, 3.63) is 64.9 Å². The monoisotopic (exact) mass is 463 g/mol. The molecule has 170 valence electrons. The number of carbonyl (C=O) groups excluding carboxylic acids is 2. The fourth-order valence-corrected chi connectivity index (χ4v) is 4.87. The maximum atomic E-state index is 12.8. The van der Waals surface area contributed by atoms with Gasteiger partial charge in [0.15, 0.2) is 0 Å². The van der Waals surface area contributed by atoms with Crippen LogP contribution in [-0.2, 0) is 29.0 Å². The lowest BCUT2D eigenvalue weighted by Crippen LogP contribution is -2.35. The van der Waals surface area contributed by atoms with Crippen LogP contribution in [0.5, 0.6) is 0 Å². The lowest BCUT2D eigenvalue weighted by atomic mass is 9.95. The van der Waals surface area contributed by atoms with Crippen LogP contribution in [-0.4, -0.2) is 39.7 Å². The number of nitrogens with zero attached hydrogens (tertiary/aromatic N) is 4. The van der Waals surface area contributed by atoms with E-state index in [0.29, 0.717) is 24.7 Å². The van der Waals surface area contributed by atoms with Crippen molar-refractivity contribution in [2.45, 2.75) is 38.6 Å². The number of nitrogens with one attached hydrogen (secondary N) is 1. The van der Waals surface area contributed by atoms with E-state index in [9.17, 15) is 9.59 Å². The number of halogens is 1. The minimum Gasteiger partial charge on any atom is -0.354 e. The molecule has 2 amide bonds. The lowest BCUT2D eigenvalue weighted by Gasteiger charge is -2.17. The molecule has 3 aromatic rings. The van der Waals surface area contributed by atoms with E-state index in [1.165, 1.54) is 11.3 Å². The third kappa shape index (κ3) is 4.50. The van der Waals surface area contributed by atoms with Crippen LogP contribution in [0.25, 0.3) is 11.4 Å². The largest absolute Gasteiger partial charge is 0.354 e. The zero-order valence-electron chi connectivity index (χ0n) is 18.3. The van der Waals surface area contributed by atoms with Crippen LogP contribution in [0.15, 0.2) is 48.7 Å². The highest BCUT2D eigenvalue weighted by Gasteiger charge is 2.35. The molecule has 2 aromatic heterocycles. The molecule has 1 aliphatic carbocycles. The van der Waals surface area contributed by atoms with E-state index in [2.05, 4.69) is 10.3 Å². The number of hydrogen-bond donors (Lipinski definition) is 1. The first-order chi connectivity index (χ1) is 16.1. The van der Waals surface area contributed by atoms with Crippen LogP contribution in [0, 0.1) is 5.92 Å². The second-order valence-corrected chi connectivity index (χ2v) is 9.03. The van der Waals surface area contributed by atoms with Crippen molar-refractivity contribution in [2.24, 2.45) is 5.92 Å². The average Bonchev–Trinajstić information content (AvgIpc) is 3.41. The fraction of sp³-hybridized carbons (Fsp3) is 0.360. The molecule has 7 nitrogen and oxygen atoms in total. The molecule has 33 heavy (non-hydrogen) atoms. The second kappa shape index (κ2) is 9.35. The Morgan fingerprint density at radius 1 is 1.12 bits per heavy atom. The molecule has 0 radical (unpaired) electrons. The predicted octanol–water partition coefficient (Wildman–Crippen LogP) is 3.65. The molecule has 0 spiro atoms. The molecule has 1 saturated heterocycles. The summed E-state index contributed by atoms with van der Waals surface area (Å²) in [4.78, 5) is 31.4. The molecule has 1 N–H and O–H groups in total. The summed E-state index contributed by atoms with van der Waals surface area (Å²) >= 11 is 5.94. The Balaban J connectivity index is 1.22. The van der Waals surface area contributed by atoms with Crippen LogP contribution in [0.1, 0.15) is 30.5 Å². The molecule has 1 aromatic carbocycles. The molecule has 8 heteroatoms. The van der Waals surface area contributed by atoms with Gasteiger partial charge in [-0.15, -0.1) is 0 Å². The number of hydrogen-bond acceptors (Lipinski definition) is 4. The second-order valence-electron chi connectivity index (χ2n) is 8.59. The van der Waals surface area contributed by atoms with E-state index in [1.807, 2.05) is 22.9 Å². The normalized spacial score (nSPS) is 17.8. The summed E-state index contributed by atoms with van der Waals surface area (Å²) in [6.45, 7) is 1.45. The third-order valence-electron chi connectivity index (χ3n) is 6.42. The topological polar surface area (TPSA) is 80.1 Å². The van der Waals surface area contributed by atoms with Gasteiger partial charge in [0.25, 0.3) is 0 Å². The van der Waals surface area contributed by atoms with Gasteiger partial charge in [0, 0.05) is 47.7 Å². The minimum atomic E-state index is -0.358. The summed E-state index contributed by atoms with van der Waals surface area (Å²) in [5, 5.41) is 8.49. The van der Waals surface area contributed by atoms with Crippen molar-refractivity contribution >= 4 is 29.1 Å². The molecule has 3 heterocycles. The van der Waals surface area contributed by atoms with Gasteiger partial charge in [-0.3, -0.25) is 19.3 Å². The molecule has 2 aliphatic rings. The van der Waals surface area contributed by atoms with Crippen LogP contribution in [0.2, 0.25) is 5.02 Å².